The van der Waals surface area contributed by atoms with Crippen molar-refractivity contribution in [3.8, 4) is 5.69 Å². The molecule has 0 bridgehead atoms. The molecule has 0 atom stereocenters. The van der Waals surface area contributed by atoms with Crippen LogP contribution in [0.25, 0.3) is 22.4 Å². The number of aromatic nitrogens is 4. The molecule has 0 aliphatic carbocycles. The zero-order valence-electron chi connectivity index (χ0n) is 11.5. The number of hydrogen-bond donors (Lipinski definition) is 0. The van der Waals surface area contributed by atoms with E-state index < -0.39 is 0 Å². The van der Waals surface area contributed by atoms with Crippen molar-refractivity contribution in [1.29, 1.82) is 0 Å². The molecule has 0 aliphatic rings. The van der Waals surface area contributed by atoms with Crippen LogP contribution in [0.3, 0.4) is 0 Å². The molecule has 4 aromatic rings. The third kappa shape index (κ3) is 1.76. The van der Waals surface area contributed by atoms with E-state index in [1.165, 1.54) is 0 Å². The summed E-state index contributed by atoms with van der Waals surface area (Å²) in [5.41, 5.74) is 1.38. The first-order valence-corrected chi connectivity index (χ1v) is 7.34. The molecule has 0 saturated carbocycles. The minimum absolute atomic E-state index is 0.122. The maximum atomic E-state index is 12.9. The van der Waals surface area contributed by atoms with E-state index in [2.05, 4.69) is 10.2 Å². The minimum atomic E-state index is -0.122. The molecule has 6 heteroatoms. The molecule has 0 unspecified atom stereocenters. The summed E-state index contributed by atoms with van der Waals surface area (Å²) >= 11 is 5.98. The van der Waals surface area contributed by atoms with Crippen LogP contribution in [0.2, 0.25) is 0 Å². The number of rotatable bonds is 2. The Morgan fingerprint density at radius 3 is 2.45 bits per heavy atom. The van der Waals surface area contributed by atoms with Crippen molar-refractivity contribution in [3.05, 3.63) is 70.8 Å². The van der Waals surface area contributed by atoms with Crippen LogP contribution in [-0.2, 0) is 5.88 Å². The zero-order valence-corrected chi connectivity index (χ0v) is 12.2. The van der Waals surface area contributed by atoms with Crippen LogP contribution < -0.4 is 5.56 Å². The van der Waals surface area contributed by atoms with Crippen molar-refractivity contribution in [1.82, 2.24) is 19.2 Å². The number of benzene rings is 2. The van der Waals surface area contributed by atoms with Crippen LogP contribution in [0.4, 0.5) is 0 Å². The maximum Gasteiger partial charge on any atom is 0.267 e. The Labute approximate surface area is 130 Å². The van der Waals surface area contributed by atoms with Gasteiger partial charge in [-0.15, -0.1) is 21.8 Å². The molecule has 0 spiro atoms. The fourth-order valence-corrected chi connectivity index (χ4v) is 2.83. The molecule has 2 aromatic heterocycles. The van der Waals surface area contributed by atoms with Gasteiger partial charge < -0.3 is 0 Å². The van der Waals surface area contributed by atoms with Crippen molar-refractivity contribution < 1.29 is 0 Å². The van der Waals surface area contributed by atoms with Crippen LogP contribution in [0.5, 0.6) is 0 Å². The van der Waals surface area contributed by atoms with Crippen LogP contribution in [0.1, 0.15) is 5.82 Å². The van der Waals surface area contributed by atoms with Crippen LogP contribution in [-0.4, -0.2) is 19.2 Å². The van der Waals surface area contributed by atoms with Gasteiger partial charge in [-0.1, -0.05) is 30.3 Å². The van der Waals surface area contributed by atoms with Gasteiger partial charge in [0.25, 0.3) is 5.56 Å². The lowest BCUT2D eigenvalue weighted by molar-refractivity contribution is 0.963. The Balaban J connectivity index is 2.27. The van der Waals surface area contributed by atoms with Gasteiger partial charge in [-0.05, 0) is 24.3 Å². The van der Waals surface area contributed by atoms with Crippen LogP contribution in [0.15, 0.2) is 59.4 Å². The molecule has 5 nitrogen and oxygen atoms in total. The van der Waals surface area contributed by atoms with E-state index in [0.29, 0.717) is 17.0 Å². The standard InChI is InChI=1S/C16H11ClN4O/c17-10-14-18-19-16-20(11-6-2-1-3-7-11)15(22)12-8-4-5-9-13(12)21(14)16/h1-9H,10H2. The Morgan fingerprint density at radius 2 is 1.68 bits per heavy atom. The highest BCUT2D eigenvalue weighted by Gasteiger charge is 2.16. The zero-order chi connectivity index (χ0) is 15.1. The number of nitrogens with zero attached hydrogens (tertiary/aromatic N) is 4. The average molecular weight is 311 g/mol. The highest BCUT2D eigenvalue weighted by atomic mass is 35.5. The monoisotopic (exact) mass is 310 g/mol. The van der Waals surface area contributed by atoms with Gasteiger partial charge in [0.2, 0.25) is 5.78 Å². The summed E-state index contributed by atoms with van der Waals surface area (Å²) in [6, 6.07) is 16.8. The lowest BCUT2D eigenvalue weighted by Crippen LogP contribution is -2.21. The van der Waals surface area contributed by atoms with Gasteiger partial charge in [0.05, 0.1) is 22.5 Å². The second-order valence-corrected chi connectivity index (χ2v) is 5.15. The lowest BCUT2D eigenvalue weighted by Gasteiger charge is -2.10. The predicted octanol–water partition coefficient (Wildman–Crippen LogP) is 2.77. The summed E-state index contributed by atoms with van der Waals surface area (Å²) in [5, 5.41) is 8.88. The molecule has 0 saturated heterocycles. The maximum absolute atomic E-state index is 12.9. The minimum Gasteiger partial charge on any atom is -0.268 e. The van der Waals surface area contributed by atoms with Gasteiger partial charge in [0.15, 0.2) is 5.82 Å². The molecule has 0 fully saturated rings. The van der Waals surface area contributed by atoms with Crippen molar-refractivity contribution in [2.45, 2.75) is 5.88 Å². The van der Waals surface area contributed by atoms with Crippen molar-refractivity contribution >= 4 is 28.3 Å². The Kier molecular flexibility index (Phi) is 2.94. The topological polar surface area (TPSA) is 52.2 Å². The Hall–Kier alpha value is -2.66. The van der Waals surface area contributed by atoms with Gasteiger partial charge in [0.1, 0.15) is 0 Å². The highest BCUT2D eigenvalue weighted by Crippen LogP contribution is 2.18. The molecule has 2 heterocycles. The SMILES string of the molecule is O=c1c2ccccc2n2c(CCl)nnc2n1-c1ccccc1. The second-order valence-electron chi connectivity index (χ2n) is 4.88. The number of hydrogen-bond acceptors (Lipinski definition) is 3. The molecule has 22 heavy (non-hydrogen) atoms. The quantitative estimate of drug-likeness (QED) is 0.535. The Bertz CT molecular complexity index is 1040. The number of alkyl halides is 1. The first-order chi connectivity index (χ1) is 10.8. The number of fused-ring (bicyclic) bond motifs is 3. The highest BCUT2D eigenvalue weighted by molar-refractivity contribution is 6.16. The molecule has 108 valence electrons. The van der Waals surface area contributed by atoms with Crippen LogP contribution >= 0.6 is 11.6 Å². The predicted molar refractivity (Wildman–Crippen MR) is 85.6 cm³/mol. The summed E-state index contributed by atoms with van der Waals surface area (Å²) in [7, 11) is 0. The summed E-state index contributed by atoms with van der Waals surface area (Å²) in [4.78, 5) is 12.9. The number of para-hydroxylation sites is 2. The fraction of sp³-hybridized carbons (Fsp3) is 0.0625. The molecule has 0 aliphatic heterocycles. The lowest BCUT2D eigenvalue weighted by atomic mass is 10.2. The van der Waals surface area contributed by atoms with Crippen LogP contribution in [0, 0.1) is 0 Å². The smallest absolute Gasteiger partial charge is 0.267 e. The van der Waals surface area contributed by atoms with E-state index in [9.17, 15) is 4.79 Å². The molecule has 0 amide bonds. The van der Waals surface area contributed by atoms with E-state index in [4.69, 9.17) is 11.6 Å². The first kappa shape index (κ1) is 13.0. The van der Waals surface area contributed by atoms with Crippen molar-refractivity contribution in [2.24, 2.45) is 0 Å². The third-order valence-electron chi connectivity index (χ3n) is 3.63. The first-order valence-electron chi connectivity index (χ1n) is 6.80. The van der Waals surface area contributed by atoms with E-state index in [-0.39, 0.29) is 11.4 Å². The van der Waals surface area contributed by atoms with E-state index in [0.717, 1.165) is 11.2 Å². The third-order valence-corrected chi connectivity index (χ3v) is 3.86. The van der Waals surface area contributed by atoms with Gasteiger partial charge in [-0.3, -0.25) is 9.20 Å². The molecule has 0 N–H and O–H groups in total. The summed E-state index contributed by atoms with van der Waals surface area (Å²) in [6.45, 7) is 0. The van der Waals surface area contributed by atoms with Crippen molar-refractivity contribution in [3.63, 3.8) is 0 Å². The van der Waals surface area contributed by atoms with Gasteiger partial charge in [-0.25, -0.2) is 4.57 Å². The van der Waals surface area contributed by atoms with E-state index >= 15 is 0 Å². The van der Waals surface area contributed by atoms with E-state index in [1.54, 1.807) is 10.6 Å². The Morgan fingerprint density at radius 1 is 0.955 bits per heavy atom. The summed E-state index contributed by atoms with van der Waals surface area (Å²) < 4.78 is 3.39. The fourth-order valence-electron chi connectivity index (χ4n) is 2.66. The average Bonchev–Trinajstić information content (AvgIpc) is 3.00. The normalized spacial score (nSPS) is 11.3. The molecular weight excluding hydrogens is 300 g/mol. The second kappa shape index (κ2) is 4.96. The van der Waals surface area contributed by atoms with E-state index in [1.807, 2.05) is 52.9 Å². The molecular formula is C16H11ClN4O. The van der Waals surface area contributed by atoms with Gasteiger partial charge in [-0.2, -0.15) is 0 Å². The largest absolute Gasteiger partial charge is 0.268 e. The molecule has 4 rings (SSSR count). The van der Waals surface area contributed by atoms with Gasteiger partial charge >= 0.3 is 0 Å². The van der Waals surface area contributed by atoms with Crippen molar-refractivity contribution in [2.75, 3.05) is 0 Å². The molecule has 2 aromatic carbocycles. The van der Waals surface area contributed by atoms with Gasteiger partial charge in [0, 0.05) is 0 Å². The summed E-state index contributed by atoms with van der Waals surface area (Å²) in [6.07, 6.45) is 0. The summed E-state index contributed by atoms with van der Waals surface area (Å²) in [5.74, 6) is 1.29. The molecule has 0 radical (unpaired) electrons. The number of halogens is 1.